The van der Waals surface area contributed by atoms with Crippen molar-refractivity contribution in [1.29, 1.82) is 0 Å². The van der Waals surface area contributed by atoms with Crippen LogP contribution in [0.15, 0.2) is 35.4 Å². The van der Waals surface area contributed by atoms with E-state index in [2.05, 4.69) is 10.4 Å². The van der Waals surface area contributed by atoms with Crippen molar-refractivity contribution in [2.24, 2.45) is 16.9 Å². The van der Waals surface area contributed by atoms with Crippen molar-refractivity contribution < 1.29 is 23.9 Å². The number of ether oxygens (including phenoxy) is 2. The number of para-hydroxylation sites is 1. The number of nitrogens with one attached hydrogen (secondary N) is 1. The first-order valence-corrected chi connectivity index (χ1v) is 7.76. The average molecular weight is 347 g/mol. The normalized spacial score (nSPS) is 22.6. The summed E-state index contributed by atoms with van der Waals surface area (Å²) in [5.41, 5.74) is 0.904. The minimum Gasteiger partial charge on any atom is -0.469 e. The largest absolute Gasteiger partial charge is 0.469 e. The number of hydrazone groups is 1. The zero-order valence-corrected chi connectivity index (χ0v) is 14.6. The quantitative estimate of drug-likeness (QED) is 0.842. The van der Waals surface area contributed by atoms with E-state index < -0.39 is 35.8 Å². The summed E-state index contributed by atoms with van der Waals surface area (Å²) in [4.78, 5) is 36.9. The number of benzene rings is 1. The van der Waals surface area contributed by atoms with Crippen molar-refractivity contribution in [3.8, 4) is 0 Å². The second-order valence-corrected chi connectivity index (χ2v) is 5.67. The highest BCUT2D eigenvalue weighted by atomic mass is 16.5. The van der Waals surface area contributed by atoms with Gasteiger partial charge in [0.05, 0.1) is 31.9 Å². The number of anilines is 1. The predicted molar refractivity (Wildman–Crippen MR) is 90.9 cm³/mol. The summed E-state index contributed by atoms with van der Waals surface area (Å²) < 4.78 is 9.60. The molecule has 3 atom stereocenters. The molecule has 1 aliphatic rings. The molecule has 134 valence electrons. The van der Waals surface area contributed by atoms with Crippen molar-refractivity contribution in [3.63, 3.8) is 0 Å². The number of esters is 2. The number of amides is 2. The molecule has 0 saturated heterocycles. The van der Waals surface area contributed by atoms with Crippen LogP contribution in [0.4, 0.5) is 10.5 Å². The predicted octanol–water partition coefficient (Wildman–Crippen LogP) is 1.88. The fraction of sp³-hybridized carbons (Fsp3) is 0.412. The van der Waals surface area contributed by atoms with Gasteiger partial charge in [0.15, 0.2) is 0 Å². The van der Waals surface area contributed by atoms with Crippen LogP contribution in [-0.2, 0) is 19.1 Å². The SMILES string of the molecule is COC(=O)[C@H]1C(C)=NN(C(=O)Nc2ccccc2)[C@@H](C)[C@@H]1C(=O)OC. The van der Waals surface area contributed by atoms with Crippen molar-refractivity contribution in [1.82, 2.24) is 5.01 Å². The summed E-state index contributed by atoms with van der Waals surface area (Å²) in [7, 11) is 2.47. The van der Waals surface area contributed by atoms with Crippen LogP contribution in [0.1, 0.15) is 13.8 Å². The van der Waals surface area contributed by atoms with Gasteiger partial charge in [-0.25, -0.2) is 9.80 Å². The maximum absolute atomic E-state index is 12.6. The van der Waals surface area contributed by atoms with Crippen LogP contribution in [0, 0.1) is 11.8 Å². The fourth-order valence-electron chi connectivity index (χ4n) is 2.86. The molecule has 1 N–H and O–H groups in total. The Morgan fingerprint density at radius 1 is 1.08 bits per heavy atom. The molecule has 1 heterocycles. The number of methoxy groups -OCH3 is 2. The van der Waals surface area contributed by atoms with Gasteiger partial charge in [-0.1, -0.05) is 18.2 Å². The molecule has 0 radical (unpaired) electrons. The zero-order chi connectivity index (χ0) is 18.6. The summed E-state index contributed by atoms with van der Waals surface area (Å²) in [6, 6.07) is 7.67. The van der Waals surface area contributed by atoms with E-state index in [4.69, 9.17) is 9.47 Å². The van der Waals surface area contributed by atoms with E-state index in [-0.39, 0.29) is 0 Å². The van der Waals surface area contributed by atoms with Crippen LogP contribution >= 0.6 is 0 Å². The molecule has 2 rings (SSSR count). The highest BCUT2D eigenvalue weighted by molar-refractivity contribution is 6.06. The van der Waals surface area contributed by atoms with Gasteiger partial charge in [-0.05, 0) is 26.0 Å². The number of carbonyl (C=O) groups excluding carboxylic acids is 3. The molecule has 0 spiro atoms. The van der Waals surface area contributed by atoms with E-state index in [0.717, 1.165) is 5.01 Å². The molecule has 1 aromatic rings. The third-order valence-corrected chi connectivity index (χ3v) is 4.14. The Morgan fingerprint density at radius 3 is 2.24 bits per heavy atom. The first kappa shape index (κ1) is 18.4. The topological polar surface area (TPSA) is 97.3 Å². The molecule has 8 heteroatoms. The molecular weight excluding hydrogens is 326 g/mol. The van der Waals surface area contributed by atoms with E-state index >= 15 is 0 Å². The average Bonchev–Trinajstić information content (AvgIpc) is 2.62. The van der Waals surface area contributed by atoms with E-state index in [0.29, 0.717) is 11.4 Å². The molecule has 2 amide bonds. The van der Waals surface area contributed by atoms with Crippen LogP contribution < -0.4 is 5.32 Å². The van der Waals surface area contributed by atoms with Gasteiger partial charge in [-0.15, -0.1) is 0 Å². The summed E-state index contributed by atoms with van der Waals surface area (Å²) >= 11 is 0. The fourth-order valence-corrected chi connectivity index (χ4v) is 2.86. The molecule has 0 unspecified atom stereocenters. The van der Waals surface area contributed by atoms with Gasteiger partial charge in [-0.3, -0.25) is 9.59 Å². The van der Waals surface area contributed by atoms with Crippen molar-refractivity contribution in [2.75, 3.05) is 19.5 Å². The lowest BCUT2D eigenvalue weighted by atomic mass is 9.82. The van der Waals surface area contributed by atoms with Gasteiger partial charge in [-0.2, -0.15) is 5.10 Å². The first-order valence-electron chi connectivity index (χ1n) is 7.76. The van der Waals surface area contributed by atoms with Crippen molar-refractivity contribution in [3.05, 3.63) is 30.3 Å². The van der Waals surface area contributed by atoms with Gasteiger partial charge in [0.1, 0.15) is 5.92 Å². The molecule has 0 aromatic heterocycles. The molecule has 25 heavy (non-hydrogen) atoms. The molecule has 1 aliphatic heterocycles. The Morgan fingerprint density at radius 2 is 1.68 bits per heavy atom. The third kappa shape index (κ3) is 3.78. The zero-order valence-electron chi connectivity index (χ0n) is 14.6. The van der Waals surface area contributed by atoms with Gasteiger partial charge in [0.25, 0.3) is 0 Å². The Balaban J connectivity index is 2.33. The summed E-state index contributed by atoms with van der Waals surface area (Å²) in [5, 5.41) is 8.07. The highest BCUT2D eigenvalue weighted by Gasteiger charge is 2.47. The first-order chi connectivity index (χ1) is 11.9. The van der Waals surface area contributed by atoms with Crippen molar-refractivity contribution >= 4 is 29.4 Å². The van der Waals surface area contributed by atoms with Crippen molar-refractivity contribution in [2.45, 2.75) is 19.9 Å². The monoisotopic (exact) mass is 347 g/mol. The molecule has 0 bridgehead atoms. The van der Waals surface area contributed by atoms with Crippen LogP contribution in [0.25, 0.3) is 0 Å². The molecule has 0 saturated carbocycles. The maximum Gasteiger partial charge on any atom is 0.342 e. The maximum atomic E-state index is 12.6. The Hall–Kier alpha value is -2.90. The molecule has 0 fully saturated rings. The molecule has 1 aromatic carbocycles. The second kappa shape index (κ2) is 7.78. The highest BCUT2D eigenvalue weighted by Crippen LogP contribution is 2.30. The van der Waals surface area contributed by atoms with Gasteiger partial charge >= 0.3 is 18.0 Å². The number of urea groups is 1. The lowest BCUT2D eigenvalue weighted by Gasteiger charge is -2.37. The van der Waals surface area contributed by atoms with E-state index in [9.17, 15) is 14.4 Å². The Bertz CT molecular complexity index is 689. The Kier molecular flexibility index (Phi) is 5.74. The van der Waals surface area contributed by atoms with Gasteiger partial charge in [0, 0.05) is 5.69 Å². The number of carbonyl (C=O) groups is 3. The van der Waals surface area contributed by atoms with Crippen LogP contribution in [0.5, 0.6) is 0 Å². The Labute approximate surface area is 145 Å². The van der Waals surface area contributed by atoms with Crippen LogP contribution in [0.2, 0.25) is 0 Å². The van der Waals surface area contributed by atoms with Gasteiger partial charge < -0.3 is 14.8 Å². The lowest BCUT2D eigenvalue weighted by Crippen LogP contribution is -2.54. The van der Waals surface area contributed by atoms with E-state index in [1.807, 2.05) is 6.07 Å². The van der Waals surface area contributed by atoms with E-state index in [1.54, 1.807) is 38.1 Å². The number of nitrogens with zero attached hydrogens (tertiary/aromatic N) is 2. The van der Waals surface area contributed by atoms with Crippen LogP contribution in [0.3, 0.4) is 0 Å². The summed E-state index contributed by atoms with van der Waals surface area (Å²) in [6.07, 6.45) is 0. The summed E-state index contributed by atoms with van der Waals surface area (Å²) in [6.45, 7) is 3.21. The molecule has 8 nitrogen and oxygen atoms in total. The summed E-state index contributed by atoms with van der Waals surface area (Å²) in [5.74, 6) is -2.99. The van der Waals surface area contributed by atoms with Gasteiger partial charge in [0.2, 0.25) is 0 Å². The lowest BCUT2D eigenvalue weighted by molar-refractivity contribution is -0.157. The minimum absolute atomic E-state index is 0.309. The minimum atomic E-state index is -0.906. The number of hydrogen-bond acceptors (Lipinski definition) is 6. The van der Waals surface area contributed by atoms with Crippen LogP contribution in [-0.4, -0.2) is 49.0 Å². The smallest absolute Gasteiger partial charge is 0.342 e. The third-order valence-electron chi connectivity index (χ3n) is 4.14. The molecule has 0 aliphatic carbocycles. The standard InChI is InChI=1S/C17H21N3O5/c1-10-13(15(21)24-3)14(16(22)25-4)11(2)20(19-10)17(23)18-12-8-6-5-7-9-12/h5-9,11,13-14H,1-4H3,(H,18,23)/t11-,13-,14-/m0/s1. The second-order valence-electron chi connectivity index (χ2n) is 5.67. The molecular formula is C17H21N3O5. The number of rotatable bonds is 3. The number of hydrogen-bond donors (Lipinski definition) is 1. The van der Waals surface area contributed by atoms with E-state index in [1.165, 1.54) is 14.2 Å².